The third-order valence-corrected chi connectivity index (χ3v) is 4.89. The van der Waals surface area contributed by atoms with Gasteiger partial charge in [-0.1, -0.05) is 0 Å². The molecule has 96 valence electrons. The van der Waals surface area contributed by atoms with E-state index in [0.717, 1.165) is 6.54 Å². The van der Waals surface area contributed by atoms with Crippen LogP contribution in [-0.2, 0) is 0 Å². The summed E-state index contributed by atoms with van der Waals surface area (Å²) in [6.07, 6.45) is 2.64. The molecule has 3 nitrogen and oxygen atoms in total. The maximum Gasteiger partial charge on any atom is 0.0900 e. The van der Waals surface area contributed by atoms with Crippen LogP contribution in [0.4, 0.5) is 0 Å². The monoisotopic (exact) mass is 253 g/mol. The maximum atomic E-state index is 4.52. The molecule has 17 heavy (non-hydrogen) atoms. The molecule has 4 heteroatoms. The maximum absolute atomic E-state index is 4.52. The lowest BCUT2D eigenvalue weighted by molar-refractivity contribution is 0.240. The van der Waals surface area contributed by atoms with Gasteiger partial charge in [0.25, 0.3) is 0 Å². The highest BCUT2D eigenvalue weighted by Crippen LogP contribution is 2.28. The van der Waals surface area contributed by atoms with Crippen molar-refractivity contribution >= 4 is 11.3 Å². The molecule has 1 aliphatic rings. The molecule has 1 aliphatic heterocycles. The van der Waals surface area contributed by atoms with Gasteiger partial charge in [-0.25, -0.2) is 4.98 Å². The molecule has 0 bridgehead atoms. The minimum absolute atomic E-state index is 0.476. The molecule has 2 rings (SSSR count). The summed E-state index contributed by atoms with van der Waals surface area (Å²) in [5, 5.41) is 4.74. The van der Waals surface area contributed by atoms with Gasteiger partial charge < -0.3 is 5.32 Å². The average Bonchev–Trinajstić information content (AvgIpc) is 2.87. The molecular weight excluding hydrogens is 230 g/mol. The SMILES string of the molecule is Cc1nc(C)c(C(C)N(C)CC2CCCN2)s1. The first kappa shape index (κ1) is 13.0. The Labute approximate surface area is 108 Å². The molecule has 2 atom stereocenters. The first-order valence-corrected chi connectivity index (χ1v) is 7.27. The summed E-state index contributed by atoms with van der Waals surface area (Å²) in [4.78, 5) is 8.39. The standard InChI is InChI=1S/C13H23N3S/c1-9-13(17-11(3)15-9)10(2)16(4)8-12-6-5-7-14-12/h10,12,14H,5-8H2,1-4H3. The van der Waals surface area contributed by atoms with Crippen molar-refractivity contribution in [1.29, 1.82) is 0 Å². The Morgan fingerprint density at radius 1 is 1.53 bits per heavy atom. The van der Waals surface area contributed by atoms with Crippen molar-refractivity contribution in [3.63, 3.8) is 0 Å². The topological polar surface area (TPSA) is 28.2 Å². The van der Waals surface area contributed by atoms with Crippen LogP contribution in [0, 0.1) is 13.8 Å². The highest BCUT2D eigenvalue weighted by Gasteiger charge is 2.21. The molecule has 0 radical (unpaired) electrons. The van der Waals surface area contributed by atoms with E-state index in [0.29, 0.717) is 12.1 Å². The molecule has 0 spiro atoms. The second kappa shape index (κ2) is 5.46. The molecule has 1 aromatic heterocycles. The number of aromatic nitrogens is 1. The summed E-state index contributed by atoms with van der Waals surface area (Å²) < 4.78 is 0. The van der Waals surface area contributed by atoms with Crippen LogP contribution in [0.5, 0.6) is 0 Å². The van der Waals surface area contributed by atoms with Crippen molar-refractivity contribution in [3.8, 4) is 0 Å². The third kappa shape index (κ3) is 3.06. The lowest BCUT2D eigenvalue weighted by atomic mass is 10.1. The van der Waals surface area contributed by atoms with Crippen LogP contribution in [0.1, 0.15) is 41.4 Å². The van der Waals surface area contributed by atoms with Crippen LogP contribution in [0.2, 0.25) is 0 Å². The summed E-state index contributed by atoms with van der Waals surface area (Å²) in [6.45, 7) is 8.82. The molecule has 2 unspecified atom stereocenters. The van der Waals surface area contributed by atoms with Crippen molar-refractivity contribution < 1.29 is 0 Å². The number of hydrogen-bond acceptors (Lipinski definition) is 4. The van der Waals surface area contributed by atoms with Gasteiger partial charge in [-0.2, -0.15) is 0 Å². The van der Waals surface area contributed by atoms with E-state index in [9.17, 15) is 0 Å². The quantitative estimate of drug-likeness (QED) is 0.893. The van der Waals surface area contributed by atoms with E-state index in [2.05, 4.69) is 43.0 Å². The minimum Gasteiger partial charge on any atom is -0.313 e. The van der Waals surface area contributed by atoms with Crippen LogP contribution >= 0.6 is 11.3 Å². The fraction of sp³-hybridized carbons (Fsp3) is 0.769. The van der Waals surface area contributed by atoms with Gasteiger partial charge in [0.2, 0.25) is 0 Å². The van der Waals surface area contributed by atoms with Gasteiger partial charge in [-0.3, -0.25) is 4.90 Å². The predicted octanol–water partition coefficient (Wildman–Crippen LogP) is 2.50. The van der Waals surface area contributed by atoms with Gasteiger partial charge in [-0.05, 0) is 47.2 Å². The average molecular weight is 253 g/mol. The molecule has 0 saturated carbocycles. The highest BCUT2D eigenvalue weighted by atomic mass is 32.1. The Balaban J connectivity index is 1.98. The Hall–Kier alpha value is -0.450. The Morgan fingerprint density at radius 2 is 2.29 bits per heavy atom. The number of hydrogen-bond donors (Lipinski definition) is 1. The number of rotatable bonds is 4. The second-order valence-corrected chi connectivity index (χ2v) is 6.33. The number of aryl methyl sites for hydroxylation is 2. The first-order valence-electron chi connectivity index (χ1n) is 6.45. The summed E-state index contributed by atoms with van der Waals surface area (Å²) in [5.41, 5.74) is 1.20. The molecular formula is C13H23N3S. The van der Waals surface area contributed by atoms with E-state index in [1.165, 1.54) is 35.0 Å². The van der Waals surface area contributed by atoms with Crippen LogP contribution < -0.4 is 5.32 Å². The fourth-order valence-electron chi connectivity index (χ4n) is 2.55. The Kier molecular flexibility index (Phi) is 4.17. The molecule has 0 aliphatic carbocycles. The van der Waals surface area contributed by atoms with Gasteiger partial charge in [0.1, 0.15) is 0 Å². The lowest BCUT2D eigenvalue weighted by Gasteiger charge is -2.27. The Bertz CT molecular complexity index is 369. The lowest BCUT2D eigenvalue weighted by Crippen LogP contribution is -2.36. The first-order chi connectivity index (χ1) is 8.08. The van der Waals surface area contributed by atoms with E-state index in [1.54, 1.807) is 0 Å². The summed E-state index contributed by atoms with van der Waals surface area (Å²) >= 11 is 1.84. The zero-order valence-corrected chi connectivity index (χ0v) is 12.1. The zero-order chi connectivity index (χ0) is 12.4. The van der Waals surface area contributed by atoms with Gasteiger partial charge in [0, 0.05) is 23.5 Å². The molecule has 2 heterocycles. The van der Waals surface area contributed by atoms with Crippen LogP contribution in [-0.4, -0.2) is 36.1 Å². The van der Waals surface area contributed by atoms with Gasteiger partial charge in [0.15, 0.2) is 0 Å². The van der Waals surface area contributed by atoms with E-state index in [-0.39, 0.29) is 0 Å². The molecule has 1 aromatic rings. The van der Waals surface area contributed by atoms with Crippen molar-refractivity contribution in [3.05, 3.63) is 15.6 Å². The van der Waals surface area contributed by atoms with E-state index < -0.39 is 0 Å². The van der Waals surface area contributed by atoms with Crippen molar-refractivity contribution in [2.24, 2.45) is 0 Å². The van der Waals surface area contributed by atoms with Gasteiger partial charge in [-0.15, -0.1) is 11.3 Å². The molecule has 1 saturated heterocycles. The Morgan fingerprint density at radius 3 is 2.82 bits per heavy atom. The highest BCUT2D eigenvalue weighted by molar-refractivity contribution is 7.11. The number of nitrogens with one attached hydrogen (secondary N) is 1. The largest absolute Gasteiger partial charge is 0.313 e. The normalized spacial score (nSPS) is 22.3. The number of thiazole rings is 1. The summed E-state index contributed by atoms with van der Waals surface area (Å²) in [6, 6.07) is 1.15. The predicted molar refractivity (Wildman–Crippen MR) is 73.7 cm³/mol. The molecule has 1 N–H and O–H groups in total. The van der Waals surface area contributed by atoms with Crippen molar-refractivity contribution in [2.45, 2.75) is 45.7 Å². The minimum atomic E-state index is 0.476. The van der Waals surface area contributed by atoms with Crippen LogP contribution in [0.15, 0.2) is 0 Å². The van der Waals surface area contributed by atoms with E-state index in [4.69, 9.17) is 0 Å². The van der Waals surface area contributed by atoms with E-state index >= 15 is 0 Å². The molecule has 0 aromatic carbocycles. The second-order valence-electron chi connectivity index (χ2n) is 5.09. The number of nitrogens with zero attached hydrogens (tertiary/aromatic N) is 2. The van der Waals surface area contributed by atoms with Crippen LogP contribution in [0.25, 0.3) is 0 Å². The third-order valence-electron chi connectivity index (χ3n) is 3.65. The number of likely N-dealkylation sites (N-methyl/N-ethyl adjacent to an activating group) is 1. The van der Waals surface area contributed by atoms with Crippen LogP contribution in [0.3, 0.4) is 0 Å². The molecule has 1 fully saturated rings. The smallest absolute Gasteiger partial charge is 0.0900 e. The van der Waals surface area contributed by atoms with Gasteiger partial charge in [0.05, 0.1) is 10.7 Å². The van der Waals surface area contributed by atoms with Crippen molar-refractivity contribution in [1.82, 2.24) is 15.2 Å². The van der Waals surface area contributed by atoms with Gasteiger partial charge >= 0.3 is 0 Å². The summed E-state index contributed by atoms with van der Waals surface area (Å²) in [5.74, 6) is 0. The van der Waals surface area contributed by atoms with Crippen molar-refractivity contribution in [2.75, 3.05) is 20.1 Å². The fourth-order valence-corrected chi connectivity index (χ4v) is 3.60. The van der Waals surface area contributed by atoms with E-state index in [1.807, 2.05) is 11.3 Å². The summed E-state index contributed by atoms with van der Waals surface area (Å²) in [7, 11) is 2.22. The zero-order valence-electron chi connectivity index (χ0n) is 11.3. The molecule has 0 amide bonds.